The van der Waals surface area contributed by atoms with Crippen LogP contribution in [0.4, 0.5) is 18.9 Å². The van der Waals surface area contributed by atoms with Crippen LogP contribution in [0.2, 0.25) is 0 Å². The second-order valence-corrected chi connectivity index (χ2v) is 11.7. The van der Waals surface area contributed by atoms with Crippen LogP contribution in [-0.4, -0.2) is 68.8 Å². The summed E-state index contributed by atoms with van der Waals surface area (Å²) in [4.78, 5) is 25.9. The number of hydrogen-bond acceptors (Lipinski definition) is 9. The Morgan fingerprint density at radius 1 is 1.00 bits per heavy atom. The number of nitrogens with zero attached hydrogens (tertiary/aromatic N) is 7. The van der Waals surface area contributed by atoms with Crippen LogP contribution in [0, 0.1) is 0 Å². The number of benzene rings is 2. The number of carbonyl (C=O) groups is 1. The number of amides is 1. The average molecular weight is 638 g/mol. The maximum atomic E-state index is 13.5. The SMILES string of the molecule is COc1ccccc1N1CCN(C(=O)c2csc(CSc3nnc(-c4ccncc4)n3-c3cccc(C(F)(F)F)c3)n2)CC1. The third kappa shape index (κ3) is 6.26. The van der Waals surface area contributed by atoms with Crippen molar-refractivity contribution in [2.45, 2.75) is 17.1 Å². The number of halogens is 3. The summed E-state index contributed by atoms with van der Waals surface area (Å²) in [6.45, 7) is 2.45. The molecule has 0 radical (unpaired) electrons. The summed E-state index contributed by atoms with van der Waals surface area (Å²) in [6, 6.07) is 16.3. The van der Waals surface area contributed by atoms with Crippen molar-refractivity contribution in [2.24, 2.45) is 0 Å². The zero-order chi connectivity index (χ0) is 30.7. The number of para-hydroxylation sites is 2. The molecule has 0 bridgehead atoms. The average Bonchev–Trinajstić information content (AvgIpc) is 3.71. The topological polar surface area (TPSA) is 89.3 Å². The number of thioether (sulfide) groups is 1. The molecular weight excluding hydrogens is 612 g/mol. The van der Waals surface area contributed by atoms with Crippen LogP contribution in [0.1, 0.15) is 21.1 Å². The summed E-state index contributed by atoms with van der Waals surface area (Å²) in [5, 5.41) is 11.4. The molecule has 0 spiro atoms. The summed E-state index contributed by atoms with van der Waals surface area (Å²) in [5.74, 6) is 1.40. The van der Waals surface area contributed by atoms with Gasteiger partial charge in [-0.15, -0.1) is 21.5 Å². The molecule has 1 aliphatic rings. The highest BCUT2D eigenvalue weighted by Crippen LogP contribution is 2.34. The highest BCUT2D eigenvalue weighted by Gasteiger charge is 2.31. The van der Waals surface area contributed by atoms with Gasteiger partial charge in [0.25, 0.3) is 5.91 Å². The highest BCUT2D eigenvalue weighted by atomic mass is 32.2. The lowest BCUT2D eigenvalue weighted by Crippen LogP contribution is -2.49. The van der Waals surface area contributed by atoms with Gasteiger partial charge in [-0.2, -0.15) is 13.2 Å². The number of aromatic nitrogens is 5. The molecule has 9 nitrogen and oxygen atoms in total. The Hall–Kier alpha value is -4.43. The summed E-state index contributed by atoms with van der Waals surface area (Å²) < 4.78 is 47.7. The molecule has 0 aliphatic carbocycles. The second kappa shape index (κ2) is 12.7. The first kappa shape index (κ1) is 29.6. The van der Waals surface area contributed by atoms with Gasteiger partial charge in [-0.25, -0.2) is 4.98 Å². The molecule has 0 saturated carbocycles. The van der Waals surface area contributed by atoms with E-state index in [-0.39, 0.29) is 11.6 Å². The normalized spacial score (nSPS) is 13.7. The number of piperazine rings is 1. The molecule has 5 aromatic rings. The van der Waals surface area contributed by atoms with E-state index in [2.05, 4.69) is 25.1 Å². The molecule has 0 atom stereocenters. The lowest BCUT2D eigenvalue weighted by Gasteiger charge is -2.36. The van der Waals surface area contributed by atoms with E-state index in [1.54, 1.807) is 52.5 Å². The van der Waals surface area contributed by atoms with Gasteiger partial charge in [0.2, 0.25) is 0 Å². The summed E-state index contributed by atoms with van der Waals surface area (Å²) in [5.41, 5.74) is 1.53. The first-order valence-corrected chi connectivity index (χ1v) is 15.5. The van der Waals surface area contributed by atoms with Crippen LogP contribution in [-0.2, 0) is 11.9 Å². The number of pyridine rings is 1. The van der Waals surface area contributed by atoms with Gasteiger partial charge in [-0.05, 0) is 42.5 Å². The van der Waals surface area contributed by atoms with Crippen molar-refractivity contribution in [2.75, 3.05) is 38.2 Å². The summed E-state index contributed by atoms with van der Waals surface area (Å²) in [6.07, 6.45) is -1.33. The van der Waals surface area contributed by atoms with Crippen molar-refractivity contribution in [3.8, 4) is 22.8 Å². The number of methoxy groups -OCH3 is 1. The third-order valence-electron chi connectivity index (χ3n) is 7.09. The largest absolute Gasteiger partial charge is 0.495 e. The van der Waals surface area contributed by atoms with Gasteiger partial charge < -0.3 is 14.5 Å². The molecule has 2 aromatic carbocycles. The number of anilines is 1. The van der Waals surface area contributed by atoms with E-state index in [0.29, 0.717) is 59.2 Å². The van der Waals surface area contributed by atoms with Crippen LogP contribution in [0.15, 0.2) is 83.6 Å². The van der Waals surface area contributed by atoms with Gasteiger partial charge >= 0.3 is 6.18 Å². The Morgan fingerprint density at radius 2 is 1.77 bits per heavy atom. The molecule has 44 heavy (non-hydrogen) atoms. The fraction of sp³-hybridized carbons (Fsp3) is 0.233. The lowest BCUT2D eigenvalue weighted by atomic mass is 10.2. The van der Waals surface area contributed by atoms with Crippen LogP contribution < -0.4 is 9.64 Å². The molecule has 1 amide bonds. The molecule has 3 aromatic heterocycles. The van der Waals surface area contributed by atoms with Crippen molar-refractivity contribution in [3.63, 3.8) is 0 Å². The number of ether oxygens (including phenoxy) is 1. The van der Waals surface area contributed by atoms with E-state index in [0.717, 1.165) is 23.6 Å². The molecule has 1 aliphatic heterocycles. The maximum Gasteiger partial charge on any atom is 0.416 e. The smallest absolute Gasteiger partial charge is 0.416 e. The third-order valence-corrected chi connectivity index (χ3v) is 9.06. The van der Waals surface area contributed by atoms with Gasteiger partial charge in [0.1, 0.15) is 16.5 Å². The lowest BCUT2D eigenvalue weighted by molar-refractivity contribution is -0.137. The number of carbonyl (C=O) groups excluding carboxylic acids is 1. The Bertz CT molecular complexity index is 1750. The number of alkyl halides is 3. The molecule has 14 heteroatoms. The van der Waals surface area contributed by atoms with Gasteiger partial charge in [0, 0.05) is 49.5 Å². The first-order valence-electron chi connectivity index (χ1n) is 13.6. The van der Waals surface area contributed by atoms with Gasteiger partial charge in [0.05, 0.1) is 29.8 Å². The van der Waals surface area contributed by atoms with Crippen LogP contribution >= 0.6 is 23.1 Å². The van der Waals surface area contributed by atoms with Gasteiger partial charge in [-0.1, -0.05) is 30.0 Å². The summed E-state index contributed by atoms with van der Waals surface area (Å²) >= 11 is 2.64. The fourth-order valence-electron chi connectivity index (χ4n) is 4.91. The van der Waals surface area contributed by atoms with E-state index in [1.807, 2.05) is 24.3 Å². The van der Waals surface area contributed by atoms with E-state index in [9.17, 15) is 18.0 Å². The molecule has 226 valence electrons. The van der Waals surface area contributed by atoms with Crippen molar-refractivity contribution >= 4 is 34.7 Å². The van der Waals surface area contributed by atoms with E-state index < -0.39 is 11.7 Å². The fourth-order valence-corrected chi connectivity index (χ4v) is 6.65. The molecule has 1 saturated heterocycles. The van der Waals surface area contributed by atoms with Gasteiger partial charge in [-0.3, -0.25) is 14.3 Å². The predicted octanol–water partition coefficient (Wildman–Crippen LogP) is 6.07. The number of hydrogen-bond donors (Lipinski definition) is 0. The zero-order valence-corrected chi connectivity index (χ0v) is 25.1. The molecule has 0 N–H and O–H groups in total. The van der Waals surface area contributed by atoms with E-state index in [4.69, 9.17) is 4.74 Å². The maximum absolute atomic E-state index is 13.5. The molecule has 4 heterocycles. The van der Waals surface area contributed by atoms with Crippen molar-refractivity contribution in [1.29, 1.82) is 0 Å². The van der Waals surface area contributed by atoms with E-state index >= 15 is 0 Å². The molecule has 6 rings (SSSR count). The predicted molar refractivity (Wildman–Crippen MR) is 162 cm³/mol. The van der Waals surface area contributed by atoms with E-state index in [1.165, 1.54) is 29.2 Å². The number of thiazole rings is 1. The second-order valence-electron chi connectivity index (χ2n) is 9.79. The zero-order valence-electron chi connectivity index (χ0n) is 23.4. The van der Waals surface area contributed by atoms with Crippen molar-refractivity contribution in [1.82, 2.24) is 29.6 Å². The summed E-state index contributed by atoms with van der Waals surface area (Å²) in [7, 11) is 1.64. The Kier molecular flexibility index (Phi) is 8.53. The molecular formula is C30H26F3N7O2S2. The quantitative estimate of drug-likeness (QED) is 0.190. The minimum Gasteiger partial charge on any atom is -0.495 e. The Labute approximate surface area is 259 Å². The minimum atomic E-state index is -4.50. The van der Waals surface area contributed by atoms with Crippen LogP contribution in [0.25, 0.3) is 17.1 Å². The van der Waals surface area contributed by atoms with Crippen LogP contribution in [0.5, 0.6) is 5.75 Å². The van der Waals surface area contributed by atoms with Crippen LogP contribution in [0.3, 0.4) is 0 Å². The number of rotatable bonds is 8. The van der Waals surface area contributed by atoms with Crippen molar-refractivity contribution in [3.05, 3.63) is 94.7 Å². The Balaban J connectivity index is 1.16. The minimum absolute atomic E-state index is 0.135. The first-order chi connectivity index (χ1) is 21.3. The highest BCUT2D eigenvalue weighted by molar-refractivity contribution is 7.98. The standard InChI is InChI=1S/C30H26F3N7O2S2/c1-42-25-8-3-2-7-24(25)38-13-15-39(16-14-38)28(41)23-18-43-26(35-23)19-44-29-37-36-27(20-9-11-34-12-10-20)40(29)22-6-4-5-21(17-22)30(31,32)33/h2-12,17-18H,13-16,19H2,1H3. The molecule has 0 unspecified atom stereocenters. The Morgan fingerprint density at radius 3 is 2.52 bits per heavy atom. The molecule has 1 fully saturated rings. The van der Waals surface area contributed by atoms with Crippen molar-refractivity contribution < 1.29 is 22.7 Å². The van der Waals surface area contributed by atoms with Gasteiger partial charge in [0.15, 0.2) is 11.0 Å². The monoisotopic (exact) mass is 637 g/mol.